The molecule has 2 heterocycles. The first-order valence-corrected chi connectivity index (χ1v) is 4.83. The summed E-state index contributed by atoms with van der Waals surface area (Å²) in [5.74, 6) is -0.322. The van der Waals surface area contributed by atoms with Gasteiger partial charge in [0.15, 0.2) is 0 Å². The van der Waals surface area contributed by atoms with Gasteiger partial charge in [0.25, 0.3) is 5.91 Å². The van der Waals surface area contributed by atoms with Crippen LogP contribution in [0.4, 0.5) is 0 Å². The zero-order valence-corrected chi connectivity index (χ0v) is 8.75. The maximum atomic E-state index is 11.6. The molecule has 0 aliphatic rings. The molecule has 0 radical (unpaired) electrons. The van der Waals surface area contributed by atoms with Crippen molar-refractivity contribution < 1.29 is 9.32 Å². The van der Waals surface area contributed by atoms with E-state index in [2.05, 4.69) is 20.0 Å². The van der Waals surface area contributed by atoms with Crippen LogP contribution in [-0.2, 0) is 6.54 Å². The normalized spacial score (nSPS) is 9.59. The lowest BCUT2D eigenvalue weighted by atomic mass is 10.2. The summed E-state index contributed by atoms with van der Waals surface area (Å²) in [5.41, 5.74) is 1.30. The highest BCUT2D eigenvalue weighted by atomic mass is 16.5. The standard InChI is InChI=1S/C11H8N4O2/c12-5-8-1-2-10(13-6-8)11(16)14-7-9-3-4-17-15-9/h1-4,6H,7H2,(H,14,16). The number of nitriles is 1. The third-order valence-electron chi connectivity index (χ3n) is 2.05. The number of nitrogens with zero attached hydrogens (tertiary/aromatic N) is 3. The Balaban J connectivity index is 1.97. The molecule has 0 saturated carbocycles. The fraction of sp³-hybridized carbons (Fsp3) is 0.0909. The fourth-order valence-electron chi connectivity index (χ4n) is 1.18. The molecule has 0 spiro atoms. The first kappa shape index (κ1) is 10.8. The molecule has 84 valence electrons. The molecular formula is C11H8N4O2. The summed E-state index contributed by atoms with van der Waals surface area (Å²) in [5, 5.41) is 14.9. The molecule has 6 nitrogen and oxygen atoms in total. The Morgan fingerprint density at radius 3 is 2.94 bits per heavy atom. The predicted octanol–water partition coefficient (Wildman–Crippen LogP) is 0.871. The minimum absolute atomic E-state index is 0.257. The smallest absolute Gasteiger partial charge is 0.270 e. The van der Waals surface area contributed by atoms with Crippen molar-refractivity contribution in [1.29, 1.82) is 5.26 Å². The van der Waals surface area contributed by atoms with Crippen LogP contribution < -0.4 is 5.32 Å². The topological polar surface area (TPSA) is 91.8 Å². The Bertz CT molecular complexity index is 540. The summed E-state index contributed by atoms with van der Waals surface area (Å²) in [6.07, 6.45) is 2.78. The zero-order valence-electron chi connectivity index (χ0n) is 8.75. The SMILES string of the molecule is N#Cc1ccc(C(=O)NCc2ccon2)nc1. The summed E-state index contributed by atoms with van der Waals surface area (Å²) >= 11 is 0. The lowest BCUT2D eigenvalue weighted by Crippen LogP contribution is -2.23. The molecule has 1 N–H and O–H groups in total. The van der Waals surface area contributed by atoms with Gasteiger partial charge in [0.1, 0.15) is 23.7 Å². The average Bonchev–Trinajstić information content (AvgIpc) is 2.89. The van der Waals surface area contributed by atoms with Crippen LogP contribution in [-0.4, -0.2) is 16.0 Å². The van der Waals surface area contributed by atoms with Crippen LogP contribution in [0.3, 0.4) is 0 Å². The summed E-state index contributed by atoms with van der Waals surface area (Å²) < 4.78 is 4.63. The highest BCUT2D eigenvalue weighted by molar-refractivity contribution is 5.92. The number of hydrogen-bond donors (Lipinski definition) is 1. The van der Waals surface area contributed by atoms with Gasteiger partial charge in [-0.05, 0) is 12.1 Å². The molecule has 0 saturated heterocycles. The van der Waals surface area contributed by atoms with Gasteiger partial charge in [-0.15, -0.1) is 0 Å². The molecule has 6 heteroatoms. The molecule has 2 rings (SSSR count). The number of carbonyl (C=O) groups is 1. The van der Waals surface area contributed by atoms with Crippen molar-refractivity contribution in [1.82, 2.24) is 15.5 Å². The van der Waals surface area contributed by atoms with Gasteiger partial charge in [0.05, 0.1) is 12.1 Å². The Morgan fingerprint density at radius 1 is 1.47 bits per heavy atom. The van der Waals surface area contributed by atoms with Crippen LogP contribution >= 0.6 is 0 Å². The molecule has 0 fully saturated rings. The quantitative estimate of drug-likeness (QED) is 0.841. The molecule has 17 heavy (non-hydrogen) atoms. The van der Waals surface area contributed by atoms with Gasteiger partial charge in [-0.2, -0.15) is 5.26 Å². The summed E-state index contributed by atoms with van der Waals surface area (Å²) in [6, 6.07) is 6.63. The highest BCUT2D eigenvalue weighted by Gasteiger charge is 2.07. The summed E-state index contributed by atoms with van der Waals surface area (Å²) in [6.45, 7) is 0.275. The van der Waals surface area contributed by atoms with Crippen LogP contribution in [0.2, 0.25) is 0 Å². The second-order valence-corrected chi connectivity index (χ2v) is 3.22. The van der Waals surface area contributed by atoms with E-state index in [4.69, 9.17) is 5.26 Å². The van der Waals surface area contributed by atoms with Crippen molar-refractivity contribution in [2.24, 2.45) is 0 Å². The Morgan fingerprint density at radius 2 is 2.35 bits per heavy atom. The minimum Gasteiger partial charge on any atom is -0.364 e. The van der Waals surface area contributed by atoms with E-state index < -0.39 is 0 Å². The Labute approximate surface area is 96.9 Å². The van der Waals surface area contributed by atoms with Gasteiger partial charge in [0, 0.05) is 12.3 Å². The molecule has 0 atom stereocenters. The molecule has 0 aromatic carbocycles. The van der Waals surface area contributed by atoms with E-state index in [9.17, 15) is 4.79 Å². The van der Waals surface area contributed by atoms with Crippen molar-refractivity contribution in [2.45, 2.75) is 6.54 Å². The maximum Gasteiger partial charge on any atom is 0.270 e. The molecule has 0 aliphatic heterocycles. The number of rotatable bonds is 3. The summed E-state index contributed by atoms with van der Waals surface area (Å²) in [4.78, 5) is 15.5. The number of nitrogens with one attached hydrogen (secondary N) is 1. The van der Waals surface area contributed by atoms with Gasteiger partial charge >= 0.3 is 0 Å². The van der Waals surface area contributed by atoms with Crippen molar-refractivity contribution >= 4 is 5.91 Å². The van der Waals surface area contributed by atoms with Gasteiger partial charge < -0.3 is 9.84 Å². The van der Waals surface area contributed by atoms with Gasteiger partial charge in [-0.3, -0.25) is 4.79 Å². The van der Waals surface area contributed by atoms with Crippen LogP contribution in [0, 0.1) is 11.3 Å². The second kappa shape index (κ2) is 4.90. The lowest BCUT2D eigenvalue weighted by molar-refractivity contribution is 0.0945. The van der Waals surface area contributed by atoms with Crippen molar-refractivity contribution in [2.75, 3.05) is 0 Å². The maximum absolute atomic E-state index is 11.6. The van der Waals surface area contributed by atoms with E-state index in [1.807, 2.05) is 6.07 Å². The minimum atomic E-state index is -0.322. The number of pyridine rings is 1. The number of aromatic nitrogens is 2. The molecule has 2 aromatic heterocycles. The van der Waals surface area contributed by atoms with Crippen molar-refractivity contribution in [3.05, 3.63) is 47.6 Å². The molecule has 0 unspecified atom stereocenters. The monoisotopic (exact) mass is 228 g/mol. The van der Waals surface area contributed by atoms with E-state index in [0.717, 1.165) is 0 Å². The predicted molar refractivity (Wildman–Crippen MR) is 56.6 cm³/mol. The number of hydrogen-bond acceptors (Lipinski definition) is 5. The molecule has 2 aromatic rings. The second-order valence-electron chi connectivity index (χ2n) is 3.22. The Kier molecular flexibility index (Phi) is 3.12. The van der Waals surface area contributed by atoms with Crippen LogP contribution in [0.5, 0.6) is 0 Å². The van der Waals surface area contributed by atoms with E-state index in [1.165, 1.54) is 24.6 Å². The Hall–Kier alpha value is -2.68. The third-order valence-corrected chi connectivity index (χ3v) is 2.05. The van der Waals surface area contributed by atoms with Crippen molar-refractivity contribution in [3.63, 3.8) is 0 Å². The van der Waals surface area contributed by atoms with Crippen LogP contribution in [0.25, 0.3) is 0 Å². The van der Waals surface area contributed by atoms with E-state index in [0.29, 0.717) is 11.3 Å². The van der Waals surface area contributed by atoms with E-state index in [1.54, 1.807) is 6.07 Å². The van der Waals surface area contributed by atoms with Crippen LogP contribution in [0.1, 0.15) is 21.7 Å². The first-order chi connectivity index (χ1) is 8.29. The van der Waals surface area contributed by atoms with Crippen LogP contribution in [0.15, 0.2) is 35.2 Å². The van der Waals surface area contributed by atoms with Gasteiger partial charge in [0.2, 0.25) is 0 Å². The average molecular weight is 228 g/mol. The molecule has 0 aliphatic carbocycles. The largest absolute Gasteiger partial charge is 0.364 e. The number of amides is 1. The first-order valence-electron chi connectivity index (χ1n) is 4.83. The van der Waals surface area contributed by atoms with E-state index in [-0.39, 0.29) is 18.1 Å². The third kappa shape index (κ3) is 2.66. The molecule has 1 amide bonds. The van der Waals surface area contributed by atoms with Gasteiger partial charge in [-0.1, -0.05) is 5.16 Å². The number of carbonyl (C=O) groups excluding carboxylic acids is 1. The highest BCUT2D eigenvalue weighted by Crippen LogP contribution is 2.00. The lowest BCUT2D eigenvalue weighted by Gasteiger charge is -2.01. The zero-order chi connectivity index (χ0) is 12.1. The summed E-state index contributed by atoms with van der Waals surface area (Å²) in [7, 11) is 0. The molecule has 0 bridgehead atoms. The molecular weight excluding hydrogens is 220 g/mol. The van der Waals surface area contributed by atoms with Crippen molar-refractivity contribution in [3.8, 4) is 6.07 Å². The van der Waals surface area contributed by atoms with E-state index >= 15 is 0 Å². The van der Waals surface area contributed by atoms with Gasteiger partial charge in [-0.25, -0.2) is 4.98 Å². The fourth-order valence-corrected chi connectivity index (χ4v) is 1.18.